The molecule has 2 unspecified atom stereocenters. The maximum atomic E-state index is 14.3. The van der Waals surface area contributed by atoms with Gasteiger partial charge in [-0.3, -0.25) is 9.98 Å². The third-order valence-electron chi connectivity index (χ3n) is 6.19. The number of aliphatic imine (C=N–C) groups is 2. The number of anilines is 3. The van der Waals surface area contributed by atoms with E-state index in [1.807, 2.05) is 45.0 Å². The first-order valence-corrected chi connectivity index (χ1v) is 12.8. The minimum atomic E-state index is -0.349. The van der Waals surface area contributed by atoms with Crippen molar-refractivity contribution in [3.63, 3.8) is 0 Å². The molecule has 1 aromatic heterocycles. The maximum absolute atomic E-state index is 14.3. The first-order chi connectivity index (χ1) is 17.7. The van der Waals surface area contributed by atoms with E-state index in [4.69, 9.17) is 37.9 Å². The van der Waals surface area contributed by atoms with Gasteiger partial charge in [-0.15, -0.1) is 0 Å². The van der Waals surface area contributed by atoms with Crippen molar-refractivity contribution in [1.82, 2.24) is 4.98 Å². The van der Waals surface area contributed by atoms with Gasteiger partial charge < -0.3 is 15.0 Å². The molecule has 6 nitrogen and oxygen atoms in total. The summed E-state index contributed by atoms with van der Waals surface area (Å²) < 4.78 is 19.7. The third-order valence-corrected chi connectivity index (χ3v) is 6.92. The third kappa shape index (κ3) is 6.05. The summed E-state index contributed by atoms with van der Waals surface area (Å²) in [6, 6.07) is 13.7. The van der Waals surface area contributed by atoms with Crippen molar-refractivity contribution in [3.05, 3.63) is 70.6 Å². The van der Waals surface area contributed by atoms with E-state index in [2.05, 4.69) is 22.1 Å². The van der Waals surface area contributed by atoms with Crippen LogP contribution in [-0.4, -0.2) is 41.6 Å². The van der Waals surface area contributed by atoms with Gasteiger partial charge in [0.25, 0.3) is 0 Å². The van der Waals surface area contributed by atoms with Crippen LogP contribution in [-0.2, 0) is 0 Å². The molecule has 194 valence electrons. The zero-order valence-electron chi connectivity index (χ0n) is 21.5. The van der Waals surface area contributed by atoms with E-state index in [1.165, 1.54) is 12.1 Å². The molecule has 0 spiro atoms. The van der Waals surface area contributed by atoms with E-state index in [-0.39, 0.29) is 23.9 Å². The number of aromatic nitrogens is 1. The topological polar surface area (TPSA) is 62.1 Å². The Morgan fingerprint density at radius 1 is 1.16 bits per heavy atom. The highest BCUT2D eigenvalue weighted by molar-refractivity contribution is 6.42. The first-order valence-electron chi connectivity index (χ1n) is 12.1. The van der Waals surface area contributed by atoms with Gasteiger partial charge >= 0.3 is 0 Å². The van der Waals surface area contributed by atoms with Crippen molar-refractivity contribution in [2.45, 2.75) is 52.2 Å². The molecule has 1 N–H and O–H groups in total. The fraction of sp³-hybridized carbons (Fsp3) is 0.321. The normalized spacial score (nSPS) is 16.4. The number of nitrogens with zero attached hydrogens (tertiary/aromatic N) is 4. The molecule has 0 amide bonds. The molecule has 0 saturated heterocycles. The molecule has 0 aliphatic carbocycles. The van der Waals surface area contributed by atoms with Crippen LogP contribution in [0.15, 0.2) is 64.7 Å². The molecular formula is C28H30Cl2FN5O. The van der Waals surface area contributed by atoms with Crippen LogP contribution < -0.4 is 15.0 Å². The van der Waals surface area contributed by atoms with Crippen LogP contribution in [0.5, 0.6) is 5.88 Å². The van der Waals surface area contributed by atoms with E-state index in [9.17, 15) is 4.39 Å². The fourth-order valence-electron chi connectivity index (χ4n) is 4.47. The van der Waals surface area contributed by atoms with Crippen LogP contribution in [0.4, 0.5) is 27.1 Å². The zero-order valence-corrected chi connectivity index (χ0v) is 23.0. The van der Waals surface area contributed by atoms with E-state index in [1.54, 1.807) is 25.4 Å². The molecule has 1 aliphatic heterocycles. The molecule has 9 heteroatoms. The van der Waals surface area contributed by atoms with Crippen molar-refractivity contribution >= 4 is 57.4 Å². The predicted molar refractivity (Wildman–Crippen MR) is 153 cm³/mol. The first kappa shape index (κ1) is 26.9. The maximum Gasteiger partial charge on any atom is 0.237 e. The smallest absolute Gasteiger partial charge is 0.237 e. The Hall–Kier alpha value is -3.16. The van der Waals surface area contributed by atoms with Crippen molar-refractivity contribution < 1.29 is 9.13 Å². The largest absolute Gasteiger partial charge is 0.480 e. The summed E-state index contributed by atoms with van der Waals surface area (Å²) in [5.74, 6) is 0.145. The summed E-state index contributed by atoms with van der Waals surface area (Å²) in [7, 11) is 1.59. The molecule has 2 aromatic carbocycles. The molecule has 2 heterocycles. The van der Waals surface area contributed by atoms with Gasteiger partial charge in [0.2, 0.25) is 5.88 Å². The summed E-state index contributed by atoms with van der Waals surface area (Å²) in [4.78, 5) is 16.1. The van der Waals surface area contributed by atoms with Crippen LogP contribution in [0.1, 0.15) is 34.1 Å². The number of benzene rings is 2. The number of nitrogens with one attached hydrogen (secondary N) is 1. The van der Waals surface area contributed by atoms with Crippen LogP contribution in [0.25, 0.3) is 0 Å². The fourth-order valence-corrected chi connectivity index (χ4v) is 4.76. The Labute approximate surface area is 227 Å². The lowest BCUT2D eigenvalue weighted by Crippen LogP contribution is -2.42. The van der Waals surface area contributed by atoms with Crippen molar-refractivity contribution in [2.24, 2.45) is 9.98 Å². The summed E-state index contributed by atoms with van der Waals surface area (Å²) in [5, 5.41) is 4.47. The van der Waals surface area contributed by atoms with E-state index in [0.29, 0.717) is 28.0 Å². The highest BCUT2D eigenvalue weighted by atomic mass is 35.5. The van der Waals surface area contributed by atoms with Gasteiger partial charge in [-0.05, 0) is 70.2 Å². The molecule has 37 heavy (non-hydrogen) atoms. The second kappa shape index (κ2) is 11.5. The average Bonchev–Trinajstić information content (AvgIpc) is 2.86. The number of rotatable bonds is 8. The average molecular weight is 542 g/mol. The van der Waals surface area contributed by atoms with Crippen molar-refractivity contribution in [1.29, 1.82) is 0 Å². The van der Waals surface area contributed by atoms with Gasteiger partial charge in [-0.25, -0.2) is 9.37 Å². The molecule has 1 aliphatic rings. The molecule has 0 fully saturated rings. The minimum Gasteiger partial charge on any atom is -0.480 e. The van der Waals surface area contributed by atoms with Crippen LogP contribution >= 0.6 is 23.2 Å². The molecule has 4 rings (SSSR count). The number of pyridine rings is 1. The number of ether oxygens (including phenoxy) is 1. The molecule has 0 radical (unpaired) electrons. The van der Waals surface area contributed by atoms with E-state index >= 15 is 0 Å². The SMILES string of the molecule is COc1ncccc1NC(CC1=Nc2cc(F)ccc2N(c2ccc(Cl)c(Cl)c2)C1C)C(C)=NC(C)C. The monoisotopic (exact) mass is 541 g/mol. The van der Waals surface area contributed by atoms with Crippen molar-refractivity contribution in [2.75, 3.05) is 17.3 Å². The summed E-state index contributed by atoms with van der Waals surface area (Å²) in [5.41, 5.74) is 4.72. The molecule has 0 bridgehead atoms. The lowest BCUT2D eigenvalue weighted by atomic mass is 9.96. The molecular weight excluding hydrogens is 512 g/mol. The second-order valence-corrected chi connectivity index (χ2v) is 10.0. The predicted octanol–water partition coefficient (Wildman–Crippen LogP) is 7.89. The van der Waals surface area contributed by atoms with Crippen LogP contribution in [0.3, 0.4) is 0 Å². The van der Waals surface area contributed by atoms with Gasteiger partial charge in [-0.2, -0.15) is 0 Å². The Balaban J connectivity index is 1.77. The van der Waals surface area contributed by atoms with E-state index < -0.39 is 0 Å². The standard InChI is InChI=1S/C28H30Cl2FN5O/c1-16(2)33-17(3)24(34-23-7-6-12-32-28(23)37-5)15-25-18(4)36(20-9-10-21(29)22(30)14-20)27-11-8-19(31)13-26(27)35-25/h6-14,16,18,24,34H,15H2,1-5H3. The van der Waals surface area contributed by atoms with Crippen LogP contribution in [0, 0.1) is 5.82 Å². The highest BCUT2D eigenvalue weighted by Gasteiger charge is 2.31. The van der Waals surface area contributed by atoms with E-state index in [0.717, 1.165) is 28.5 Å². The minimum absolute atomic E-state index is 0.119. The quantitative estimate of drug-likeness (QED) is 0.294. The number of halogens is 3. The van der Waals surface area contributed by atoms with Gasteiger partial charge in [0.15, 0.2) is 0 Å². The Morgan fingerprint density at radius 3 is 2.65 bits per heavy atom. The molecule has 2 atom stereocenters. The number of fused-ring (bicyclic) bond motifs is 1. The Kier molecular flexibility index (Phi) is 8.35. The van der Waals surface area contributed by atoms with Gasteiger partial charge in [0.05, 0.1) is 46.3 Å². The number of hydrogen-bond acceptors (Lipinski definition) is 6. The number of methoxy groups -OCH3 is 1. The van der Waals surface area contributed by atoms with Gasteiger partial charge in [0, 0.05) is 41.8 Å². The Morgan fingerprint density at radius 2 is 1.95 bits per heavy atom. The zero-order chi connectivity index (χ0) is 26.7. The lowest BCUT2D eigenvalue weighted by Gasteiger charge is -2.38. The molecule has 3 aromatic rings. The van der Waals surface area contributed by atoms with Crippen molar-refractivity contribution in [3.8, 4) is 5.88 Å². The van der Waals surface area contributed by atoms with Gasteiger partial charge in [-0.1, -0.05) is 23.2 Å². The van der Waals surface area contributed by atoms with Gasteiger partial charge in [0.1, 0.15) is 5.82 Å². The highest BCUT2D eigenvalue weighted by Crippen LogP contribution is 2.42. The lowest BCUT2D eigenvalue weighted by molar-refractivity contribution is 0.399. The van der Waals surface area contributed by atoms with Crippen LogP contribution in [0.2, 0.25) is 10.0 Å². The summed E-state index contributed by atoms with van der Waals surface area (Å²) in [6.07, 6.45) is 2.21. The number of hydrogen-bond donors (Lipinski definition) is 1. The summed E-state index contributed by atoms with van der Waals surface area (Å²) >= 11 is 12.6. The summed E-state index contributed by atoms with van der Waals surface area (Å²) in [6.45, 7) is 8.15. The second-order valence-electron chi connectivity index (χ2n) is 9.21. The molecule has 0 saturated carbocycles. The Bertz CT molecular complexity index is 1340.